The number of benzene rings is 1. The van der Waals surface area contributed by atoms with Gasteiger partial charge < -0.3 is 0 Å². The van der Waals surface area contributed by atoms with Gasteiger partial charge in [-0.25, -0.2) is 8.78 Å². The highest BCUT2D eigenvalue weighted by Crippen LogP contribution is 2.41. The van der Waals surface area contributed by atoms with Crippen LogP contribution in [0.5, 0.6) is 0 Å². The molecule has 1 fully saturated rings. The lowest BCUT2D eigenvalue weighted by atomic mass is 9.81. The van der Waals surface area contributed by atoms with Gasteiger partial charge in [0.15, 0.2) is 0 Å². The Hall–Kier alpha value is -1.08. The van der Waals surface area contributed by atoms with Crippen molar-refractivity contribution < 1.29 is 8.78 Å². The molecule has 0 aliphatic heterocycles. The van der Waals surface area contributed by atoms with Crippen molar-refractivity contribution in [2.75, 3.05) is 0 Å². The smallest absolute Gasteiger partial charge is 0.136 e. The van der Waals surface area contributed by atoms with Crippen molar-refractivity contribution in [2.24, 2.45) is 11.8 Å². The largest absolute Gasteiger partial charge is 0.207 e. The SMILES string of the molecule is CCC1CCC(C#N)C(Sc2cc(F)ccc2F)C1. The van der Waals surface area contributed by atoms with E-state index in [-0.39, 0.29) is 11.2 Å². The lowest BCUT2D eigenvalue weighted by molar-refractivity contribution is 0.317. The van der Waals surface area contributed by atoms with Crippen LogP contribution in [-0.2, 0) is 0 Å². The van der Waals surface area contributed by atoms with E-state index in [9.17, 15) is 14.0 Å². The van der Waals surface area contributed by atoms with Crippen molar-refractivity contribution in [3.63, 3.8) is 0 Å². The van der Waals surface area contributed by atoms with E-state index in [0.29, 0.717) is 10.8 Å². The molecule has 4 heteroatoms. The van der Waals surface area contributed by atoms with Crippen LogP contribution in [0.1, 0.15) is 32.6 Å². The summed E-state index contributed by atoms with van der Waals surface area (Å²) < 4.78 is 26.8. The van der Waals surface area contributed by atoms with Crippen LogP contribution in [0.2, 0.25) is 0 Å². The third-order valence-electron chi connectivity index (χ3n) is 3.82. The van der Waals surface area contributed by atoms with Gasteiger partial charge >= 0.3 is 0 Å². The minimum Gasteiger partial charge on any atom is -0.207 e. The number of thioether (sulfide) groups is 1. The van der Waals surface area contributed by atoms with Crippen LogP contribution in [0.4, 0.5) is 8.78 Å². The zero-order valence-corrected chi connectivity index (χ0v) is 11.7. The van der Waals surface area contributed by atoms with Crippen molar-refractivity contribution in [3.8, 4) is 6.07 Å². The first-order valence-electron chi connectivity index (χ1n) is 6.65. The lowest BCUT2D eigenvalue weighted by Crippen LogP contribution is -2.26. The van der Waals surface area contributed by atoms with Crippen LogP contribution >= 0.6 is 11.8 Å². The van der Waals surface area contributed by atoms with E-state index in [1.165, 1.54) is 17.8 Å². The van der Waals surface area contributed by atoms with E-state index >= 15 is 0 Å². The first kappa shape index (κ1) is 14.3. The fourth-order valence-electron chi connectivity index (χ4n) is 2.59. The van der Waals surface area contributed by atoms with Crippen molar-refractivity contribution in [2.45, 2.75) is 42.8 Å². The second kappa shape index (κ2) is 6.38. The standard InChI is InChI=1S/C15H17F2NS/c1-2-10-3-4-11(9-18)14(7-10)19-15-8-12(16)5-6-13(15)17/h5-6,8,10-11,14H,2-4,7H2,1H3. The minimum absolute atomic E-state index is 0.0598. The second-order valence-electron chi connectivity index (χ2n) is 5.05. The molecule has 2 rings (SSSR count). The van der Waals surface area contributed by atoms with E-state index in [0.717, 1.165) is 37.8 Å². The molecule has 0 heterocycles. The van der Waals surface area contributed by atoms with Gasteiger partial charge in [-0.1, -0.05) is 13.3 Å². The zero-order valence-electron chi connectivity index (χ0n) is 10.9. The topological polar surface area (TPSA) is 23.8 Å². The Morgan fingerprint density at radius 1 is 1.37 bits per heavy atom. The maximum atomic E-state index is 13.7. The van der Waals surface area contributed by atoms with Gasteiger partial charge in [0.25, 0.3) is 0 Å². The summed E-state index contributed by atoms with van der Waals surface area (Å²) >= 11 is 1.32. The number of hydrogen-bond acceptors (Lipinski definition) is 2. The van der Waals surface area contributed by atoms with Crippen LogP contribution in [0, 0.1) is 34.8 Å². The van der Waals surface area contributed by atoms with Gasteiger partial charge in [0.2, 0.25) is 0 Å². The molecule has 0 spiro atoms. The molecule has 0 aromatic heterocycles. The Morgan fingerprint density at radius 3 is 2.84 bits per heavy atom. The molecule has 102 valence electrons. The number of nitrogens with zero attached hydrogens (tertiary/aromatic N) is 1. The van der Waals surface area contributed by atoms with Gasteiger partial charge in [0, 0.05) is 10.1 Å². The monoisotopic (exact) mass is 281 g/mol. The Kier molecular flexibility index (Phi) is 4.81. The summed E-state index contributed by atoms with van der Waals surface area (Å²) in [5, 5.41) is 9.26. The summed E-state index contributed by atoms with van der Waals surface area (Å²) in [6, 6.07) is 5.82. The zero-order chi connectivity index (χ0) is 13.8. The Labute approximate surface area is 117 Å². The van der Waals surface area contributed by atoms with E-state index in [2.05, 4.69) is 13.0 Å². The van der Waals surface area contributed by atoms with E-state index in [1.807, 2.05) is 0 Å². The lowest BCUT2D eigenvalue weighted by Gasteiger charge is -2.31. The molecular formula is C15H17F2NS. The van der Waals surface area contributed by atoms with Crippen molar-refractivity contribution >= 4 is 11.8 Å². The van der Waals surface area contributed by atoms with Crippen LogP contribution in [0.25, 0.3) is 0 Å². The molecule has 0 radical (unpaired) electrons. The molecule has 0 amide bonds. The molecule has 19 heavy (non-hydrogen) atoms. The molecule has 0 N–H and O–H groups in total. The van der Waals surface area contributed by atoms with Crippen LogP contribution < -0.4 is 0 Å². The third-order valence-corrected chi connectivity index (χ3v) is 5.21. The van der Waals surface area contributed by atoms with Crippen molar-refractivity contribution in [1.82, 2.24) is 0 Å². The van der Waals surface area contributed by atoms with E-state index in [4.69, 9.17) is 0 Å². The Balaban J connectivity index is 2.14. The highest BCUT2D eigenvalue weighted by Gasteiger charge is 2.31. The highest BCUT2D eigenvalue weighted by molar-refractivity contribution is 8.00. The molecule has 3 unspecified atom stereocenters. The number of nitriles is 1. The third kappa shape index (κ3) is 3.48. The summed E-state index contributed by atoms with van der Waals surface area (Å²) in [4.78, 5) is 0.321. The molecule has 1 saturated carbocycles. The van der Waals surface area contributed by atoms with Crippen LogP contribution in [0.15, 0.2) is 23.1 Å². The summed E-state index contributed by atoms with van der Waals surface area (Å²) in [6.07, 6.45) is 3.93. The van der Waals surface area contributed by atoms with E-state index < -0.39 is 11.6 Å². The molecule has 0 bridgehead atoms. The predicted molar refractivity (Wildman–Crippen MR) is 72.7 cm³/mol. The van der Waals surface area contributed by atoms with Crippen molar-refractivity contribution in [3.05, 3.63) is 29.8 Å². The fourth-order valence-corrected chi connectivity index (χ4v) is 4.01. The van der Waals surface area contributed by atoms with Gasteiger partial charge in [-0.3, -0.25) is 0 Å². The maximum Gasteiger partial charge on any atom is 0.136 e. The molecule has 1 aromatic rings. The van der Waals surface area contributed by atoms with Crippen molar-refractivity contribution in [1.29, 1.82) is 5.26 Å². The second-order valence-corrected chi connectivity index (χ2v) is 6.33. The summed E-state index contributed by atoms with van der Waals surface area (Å²) in [7, 11) is 0. The molecule has 0 saturated heterocycles. The van der Waals surface area contributed by atoms with Gasteiger partial charge in [-0.05, 0) is 43.4 Å². The quantitative estimate of drug-likeness (QED) is 0.796. The Morgan fingerprint density at radius 2 is 2.16 bits per heavy atom. The molecule has 1 aliphatic rings. The summed E-state index contributed by atoms with van der Waals surface area (Å²) in [5.41, 5.74) is 0. The first-order valence-corrected chi connectivity index (χ1v) is 7.53. The minimum atomic E-state index is -0.430. The normalized spacial score (nSPS) is 26.9. The maximum absolute atomic E-state index is 13.7. The molecule has 1 aliphatic carbocycles. The molecule has 1 nitrogen and oxygen atoms in total. The number of rotatable bonds is 3. The highest BCUT2D eigenvalue weighted by atomic mass is 32.2. The van der Waals surface area contributed by atoms with Gasteiger partial charge in [-0.2, -0.15) is 5.26 Å². The molecular weight excluding hydrogens is 264 g/mol. The summed E-state index contributed by atoms with van der Waals surface area (Å²) in [5.74, 6) is -0.295. The summed E-state index contributed by atoms with van der Waals surface area (Å²) in [6.45, 7) is 2.14. The first-order chi connectivity index (χ1) is 9.13. The Bertz CT molecular complexity index is 484. The van der Waals surface area contributed by atoms with Gasteiger partial charge in [0.05, 0.1) is 12.0 Å². The van der Waals surface area contributed by atoms with Crippen LogP contribution in [-0.4, -0.2) is 5.25 Å². The average Bonchev–Trinajstić information content (AvgIpc) is 2.42. The average molecular weight is 281 g/mol. The molecule has 3 atom stereocenters. The fraction of sp³-hybridized carbons (Fsp3) is 0.533. The van der Waals surface area contributed by atoms with Gasteiger partial charge in [0.1, 0.15) is 11.6 Å². The number of hydrogen-bond donors (Lipinski definition) is 0. The predicted octanol–water partition coefficient (Wildman–Crippen LogP) is 4.78. The molecule has 1 aromatic carbocycles. The van der Waals surface area contributed by atoms with Crippen LogP contribution in [0.3, 0.4) is 0 Å². The van der Waals surface area contributed by atoms with E-state index in [1.54, 1.807) is 0 Å². The van der Waals surface area contributed by atoms with Gasteiger partial charge in [-0.15, -0.1) is 11.8 Å². The number of halogens is 2.